The van der Waals surface area contributed by atoms with Crippen LogP contribution in [-0.4, -0.2) is 15.8 Å². The number of nitro groups is 1. The van der Waals surface area contributed by atoms with Crippen LogP contribution in [-0.2, 0) is 4.79 Å². The molecule has 7 heteroatoms. The van der Waals surface area contributed by atoms with Crippen molar-refractivity contribution in [3.63, 3.8) is 0 Å². The summed E-state index contributed by atoms with van der Waals surface area (Å²) in [5.74, 6) is 3.47. The molecule has 76 valence electrons. The fourth-order valence-electron chi connectivity index (χ4n) is 0.793. The van der Waals surface area contributed by atoms with Gasteiger partial charge in [0.1, 0.15) is 12.0 Å². The Morgan fingerprint density at radius 3 is 2.80 bits per heavy atom. The lowest BCUT2D eigenvalue weighted by Gasteiger charge is -1.95. The third-order valence-electron chi connectivity index (χ3n) is 1.44. The second-order valence-electron chi connectivity index (χ2n) is 2.50. The third-order valence-corrected chi connectivity index (χ3v) is 1.44. The molecule has 0 bridgehead atoms. The molecule has 1 rings (SSSR count). The molecule has 0 saturated heterocycles. The van der Waals surface area contributed by atoms with Gasteiger partial charge in [0.2, 0.25) is 0 Å². The maximum Gasteiger partial charge on any atom is 0.293 e. The van der Waals surface area contributed by atoms with E-state index in [4.69, 9.17) is 11.5 Å². The van der Waals surface area contributed by atoms with Gasteiger partial charge in [-0.3, -0.25) is 14.9 Å². The summed E-state index contributed by atoms with van der Waals surface area (Å²) in [6, 6.07) is 1.12. The normalized spacial score (nSPS) is 8.80. The average molecular weight is 206 g/mol. The van der Waals surface area contributed by atoms with Crippen molar-refractivity contribution in [2.75, 3.05) is 5.73 Å². The topological polar surface area (TPSA) is 125 Å². The molecule has 7 nitrogen and oxygen atoms in total. The van der Waals surface area contributed by atoms with Gasteiger partial charge in [-0.15, -0.1) is 0 Å². The second-order valence-corrected chi connectivity index (χ2v) is 2.50. The highest BCUT2D eigenvalue weighted by molar-refractivity contribution is 5.92. The first-order valence-electron chi connectivity index (χ1n) is 3.72. The van der Waals surface area contributed by atoms with Crippen molar-refractivity contribution in [3.8, 4) is 11.8 Å². The molecule has 0 spiro atoms. The van der Waals surface area contributed by atoms with Crippen LogP contribution in [0.3, 0.4) is 0 Å². The Morgan fingerprint density at radius 1 is 1.60 bits per heavy atom. The Kier molecular flexibility index (Phi) is 2.83. The summed E-state index contributed by atoms with van der Waals surface area (Å²) in [5, 5.41) is 10.4. The summed E-state index contributed by atoms with van der Waals surface area (Å²) < 4.78 is 0. The van der Waals surface area contributed by atoms with E-state index in [9.17, 15) is 14.9 Å². The van der Waals surface area contributed by atoms with E-state index >= 15 is 0 Å². The molecule has 1 heterocycles. The predicted octanol–water partition coefficient (Wildman–Crippen LogP) is -0.591. The molecule has 15 heavy (non-hydrogen) atoms. The fourth-order valence-corrected chi connectivity index (χ4v) is 0.793. The van der Waals surface area contributed by atoms with Gasteiger partial charge >= 0.3 is 0 Å². The number of carbonyl (C=O) groups is 1. The second kappa shape index (κ2) is 4.06. The quantitative estimate of drug-likeness (QED) is 0.361. The van der Waals surface area contributed by atoms with Crippen LogP contribution < -0.4 is 11.5 Å². The van der Waals surface area contributed by atoms with Crippen LogP contribution >= 0.6 is 0 Å². The Balaban J connectivity index is 3.18. The Morgan fingerprint density at radius 2 is 2.27 bits per heavy atom. The van der Waals surface area contributed by atoms with Crippen molar-refractivity contribution in [2.45, 2.75) is 0 Å². The maximum atomic E-state index is 10.4. The number of primary amides is 1. The molecule has 1 aromatic rings. The fraction of sp³-hybridized carbons (Fsp3) is 0. The van der Waals surface area contributed by atoms with Gasteiger partial charge in [0.15, 0.2) is 0 Å². The molecule has 0 aliphatic rings. The number of nitrogens with two attached hydrogens (primary N) is 2. The lowest BCUT2D eigenvalue weighted by atomic mass is 10.2. The number of pyridine rings is 1. The van der Waals surface area contributed by atoms with Crippen molar-refractivity contribution in [3.05, 3.63) is 27.9 Å². The highest BCUT2D eigenvalue weighted by atomic mass is 16.6. The number of amides is 1. The standard InChI is InChI=1S/C8H6N4O3/c9-7(13)2-1-5-3-6(12(14)15)4-11-8(5)10/h3-4H,(H2,9,13)(H2,10,11). The molecule has 0 aliphatic heterocycles. The number of nitrogen functional groups attached to an aromatic ring is 1. The monoisotopic (exact) mass is 206 g/mol. The molecule has 0 radical (unpaired) electrons. The van der Waals surface area contributed by atoms with Crippen LogP contribution in [0.2, 0.25) is 0 Å². The number of anilines is 1. The number of aromatic nitrogens is 1. The Hall–Kier alpha value is -2.62. The van der Waals surface area contributed by atoms with Crippen LogP contribution in [0, 0.1) is 22.0 Å². The van der Waals surface area contributed by atoms with E-state index in [0.29, 0.717) is 0 Å². The summed E-state index contributed by atoms with van der Waals surface area (Å²) in [7, 11) is 0. The molecule has 0 fully saturated rings. The first-order valence-corrected chi connectivity index (χ1v) is 3.72. The van der Waals surface area contributed by atoms with Crippen LogP contribution in [0.4, 0.5) is 11.5 Å². The van der Waals surface area contributed by atoms with Crippen molar-refractivity contribution in [2.24, 2.45) is 5.73 Å². The average Bonchev–Trinajstić information content (AvgIpc) is 2.16. The van der Waals surface area contributed by atoms with E-state index < -0.39 is 10.8 Å². The van der Waals surface area contributed by atoms with Crippen LogP contribution in [0.1, 0.15) is 5.56 Å². The van der Waals surface area contributed by atoms with Gasteiger partial charge in [-0.05, 0) is 0 Å². The summed E-state index contributed by atoms with van der Waals surface area (Å²) >= 11 is 0. The van der Waals surface area contributed by atoms with Gasteiger partial charge in [-0.25, -0.2) is 4.98 Å². The molecule has 4 N–H and O–H groups in total. The van der Waals surface area contributed by atoms with E-state index in [2.05, 4.69) is 10.9 Å². The zero-order valence-electron chi connectivity index (χ0n) is 7.43. The number of hydrogen-bond donors (Lipinski definition) is 2. The van der Waals surface area contributed by atoms with Gasteiger partial charge in [-0.2, -0.15) is 0 Å². The lowest BCUT2D eigenvalue weighted by molar-refractivity contribution is -0.385. The number of carbonyl (C=O) groups excluding carboxylic acids is 1. The van der Waals surface area contributed by atoms with Gasteiger partial charge < -0.3 is 11.5 Å². The van der Waals surface area contributed by atoms with Gasteiger partial charge in [-0.1, -0.05) is 5.92 Å². The van der Waals surface area contributed by atoms with E-state index in [1.54, 1.807) is 0 Å². The first kappa shape index (κ1) is 10.5. The Bertz CT molecular complexity index is 486. The van der Waals surface area contributed by atoms with Crippen molar-refractivity contribution in [1.82, 2.24) is 4.98 Å². The highest BCUT2D eigenvalue weighted by Gasteiger charge is 2.08. The number of rotatable bonds is 1. The third kappa shape index (κ3) is 2.67. The van der Waals surface area contributed by atoms with Crippen LogP contribution in [0.25, 0.3) is 0 Å². The number of nitrogens with zero attached hydrogens (tertiary/aromatic N) is 2. The zero-order valence-corrected chi connectivity index (χ0v) is 7.43. The van der Waals surface area contributed by atoms with Crippen molar-refractivity contribution in [1.29, 1.82) is 0 Å². The molecule has 0 saturated carbocycles. The highest BCUT2D eigenvalue weighted by Crippen LogP contribution is 2.15. The van der Waals surface area contributed by atoms with E-state index in [1.165, 1.54) is 0 Å². The molecule has 0 unspecified atom stereocenters. The summed E-state index contributed by atoms with van der Waals surface area (Å²) in [6.45, 7) is 0. The zero-order chi connectivity index (χ0) is 11.4. The van der Waals surface area contributed by atoms with Crippen molar-refractivity contribution >= 4 is 17.4 Å². The smallest absolute Gasteiger partial charge is 0.293 e. The molecule has 1 amide bonds. The van der Waals surface area contributed by atoms with Gasteiger partial charge in [0.05, 0.1) is 10.5 Å². The number of hydrogen-bond acceptors (Lipinski definition) is 5. The van der Waals surface area contributed by atoms with E-state index in [-0.39, 0.29) is 17.1 Å². The molecule has 0 aromatic carbocycles. The molecular formula is C8H6N4O3. The maximum absolute atomic E-state index is 10.4. The minimum Gasteiger partial charge on any atom is -0.383 e. The van der Waals surface area contributed by atoms with Crippen molar-refractivity contribution < 1.29 is 9.72 Å². The summed E-state index contributed by atoms with van der Waals surface area (Å²) in [6.07, 6.45) is 1.00. The SMILES string of the molecule is NC(=O)C#Cc1cc([N+](=O)[O-])cnc1N. The van der Waals surface area contributed by atoms with Crippen LogP contribution in [0.5, 0.6) is 0 Å². The Labute approximate surface area is 84.2 Å². The molecule has 0 aliphatic carbocycles. The van der Waals surface area contributed by atoms with Gasteiger partial charge in [0.25, 0.3) is 11.6 Å². The summed E-state index contributed by atoms with van der Waals surface area (Å²) in [4.78, 5) is 23.7. The van der Waals surface area contributed by atoms with Crippen LogP contribution in [0.15, 0.2) is 12.3 Å². The predicted molar refractivity (Wildman–Crippen MR) is 51.4 cm³/mol. The minimum atomic E-state index is -0.846. The molecule has 0 atom stereocenters. The molecule has 1 aromatic heterocycles. The van der Waals surface area contributed by atoms with Gasteiger partial charge in [0, 0.05) is 12.0 Å². The minimum absolute atomic E-state index is 0.00866. The lowest BCUT2D eigenvalue weighted by Crippen LogP contribution is -2.06. The first-order chi connectivity index (χ1) is 7.00. The van der Waals surface area contributed by atoms with E-state index in [0.717, 1.165) is 12.3 Å². The largest absolute Gasteiger partial charge is 0.383 e. The molecular weight excluding hydrogens is 200 g/mol. The van der Waals surface area contributed by atoms with E-state index in [1.807, 2.05) is 5.92 Å². The summed E-state index contributed by atoms with van der Waals surface area (Å²) in [5.41, 5.74) is 10.0.